The summed E-state index contributed by atoms with van der Waals surface area (Å²) >= 11 is 2.49. The molecule has 2 nitrogen and oxygen atoms in total. The summed E-state index contributed by atoms with van der Waals surface area (Å²) < 4.78 is 13.1. The first-order chi connectivity index (χ1) is 7.85. The van der Waals surface area contributed by atoms with Crippen molar-refractivity contribution < 1.29 is 9.47 Å². The van der Waals surface area contributed by atoms with Crippen molar-refractivity contribution in [1.29, 1.82) is 0 Å². The van der Waals surface area contributed by atoms with Crippen molar-refractivity contribution in [2.24, 2.45) is 0 Å². The highest BCUT2D eigenvalue weighted by molar-refractivity contribution is 14.1. The minimum Gasteiger partial charge on any atom is -0.376 e. The van der Waals surface area contributed by atoms with Gasteiger partial charge < -0.3 is 9.47 Å². The molecule has 0 spiro atoms. The van der Waals surface area contributed by atoms with Crippen LogP contribution < -0.4 is 0 Å². The summed E-state index contributed by atoms with van der Waals surface area (Å²) in [5, 5.41) is 0. The summed E-state index contributed by atoms with van der Waals surface area (Å²) in [6, 6.07) is 0. The minimum atomic E-state index is 0.180. The van der Waals surface area contributed by atoms with Crippen LogP contribution in [0.25, 0.3) is 0 Å². The Morgan fingerprint density at radius 3 is 2.56 bits per heavy atom. The maximum Gasteiger partial charge on any atom is 0.0808 e. The van der Waals surface area contributed by atoms with Gasteiger partial charge in [-0.25, -0.2) is 0 Å². The van der Waals surface area contributed by atoms with Gasteiger partial charge in [-0.05, 0) is 32.1 Å². The highest BCUT2D eigenvalue weighted by Gasteiger charge is 2.32. The van der Waals surface area contributed by atoms with E-state index in [1.54, 1.807) is 0 Å². The topological polar surface area (TPSA) is 18.5 Å². The third kappa shape index (κ3) is 3.57. The Morgan fingerprint density at radius 2 is 1.94 bits per heavy atom. The summed E-state index contributed by atoms with van der Waals surface area (Å²) in [6.45, 7) is 1.76. The van der Waals surface area contributed by atoms with Crippen LogP contribution in [0.2, 0.25) is 0 Å². The van der Waals surface area contributed by atoms with E-state index in [0.29, 0.717) is 6.10 Å². The normalized spacial score (nSPS) is 30.2. The van der Waals surface area contributed by atoms with Crippen LogP contribution in [0.5, 0.6) is 0 Å². The third-order valence-corrected chi connectivity index (χ3v) is 5.25. The molecule has 0 aromatic carbocycles. The Labute approximate surface area is 113 Å². The highest BCUT2D eigenvalue weighted by Crippen LogP contribution is 2.33. The van der Waals surface area contributed by atoms with E-state index in [1.807, 2.05) is 0 Å². The van der Waals surface area contributed by atoms with Gasteiger partial charge in [0.25, 0.3) is 0 Å². The van der Waals surface area contributed by atoms with Crippen LogP contribution in [-0.4, -0.2) is 29.3 Å². The van der Waals surface area contributed by atoms with Gasteiger partial charge in [0.2, 0.25) is 0 Å². The fraction of sp³-hybridized carbons (Fsp3) is 1.00. The SMILES string of the molecule is ICC1(OCC2CCCCO2)CCCCC1. The molecule has 2 fully saturated rings. The first kappa shape index (κ1) is 13.1. The van der Waals surface area contributed by atoms with Crippen molar-refractivity contribution in [2.45, 2.75) is 63.1 Å². The Hall–Kier alpha value is 0.650. The summed E-state index contributed by atoms with van der Waals surface area (Å²) in [5.41, 5.74) is 0.180. The lowest BCUT2D eigenvalue weighted by Gasteiger charge is -2.37. The van der Waals surface area contributed by atoms with Gasteiger partial charge in [0, 0.05) is 11.0 Å². The van der Waals surface area contributed by atoms with Crippen LogP contribution in [0.15, 0.2) is 0 Å². The Kier molecular flexibility index (Phi) is 5.36. The summed E-state index contributed by atoms with van der Waals surface area (Å²) in [4.78, 5) is 0. The van der Waals surface area contributed by atoms with Crippen LogP contribution in [-0.2, 0) is 9.47 Å². The van der Waals surface area contributed by atoms with Crippen molar-refractivity contribution in [3.05, 3.63) is 0 Å². The number of rotatable bonds is 4. The number of hydrogen-bond acceptors (Lipinski definition) is 2. The van der Waals surface area contributed by atoms with Gasteiger partial charge in [-0.2, -0.15) is 0 Å². The van der Waals surface area contributed by atoms with Crippen LogP contribution >= 0.6 is 22.6 Å². The Bertz CT molecular complexity index is 196. The molecule has 0 radical (unpaired) electrons. The highest BCUT2D eigenvalue weighted by atomic mass is 127. The number of ether oxygens (including phenoxy) is 2. The predicted octanol–water partition coefficient (Wildman–Crippen LogP) is 3.71. The van der Waals surface area contributed by atoms with Gasteiger partial charge in [0.1, 0.15) is 0 Å². The first-order valence-corrected chi connectivity index (χ1v) is 8.19. The van der Waals surface area contributed by atoms with E-state index >= 15 is 0 Å². The quantitative estimate of drug-likeness (QED) is 0.575. The largest absolute Gasteiger partial charge is 0.376 e. The molecule has 0 N–H and O–H groups in total. The van der Waals surface area contributed by atoms with Crippen molar-refractivity contribution in [2.75, 3.05) is 17.6 Å². The molecule has 1 aliphatic carbocycles. The second-order valence-corrected chi connectivity index (χ2v) is 5.94. The molecule has 1 atom stereocenters. The van der Waals surface area contributed by atoms with Gasteiger partial charge in [-0.1, -0.05) is 41.9 Å². The van der Waals surface area contributed by atoms with Crippen LogP contribution in [0.3, 0.4) is 0 Å². The van der Waals surface area contributed by atoms with E-state index in [0.717, 1.165) is 17.6 Å². The second-order valence-electron chi connectivity index (χ2n) is 5.18. The van der Waals surface area contributed by atoms with E-state index in [2.05, 4.69) is 22.6 Å². The Morgan fingerprint density at radius 1 is 1.12 bits per heavy atom. The Balaban J connectivity index is 1.77. The summed E-state index contributed by atoms with van der Waals surface area (Å²) in [6.07, 6.45) is 10.7. The second kappa shape index (κ2) is 6.55. The van der Waals surface area contributed by atoms with Crippen LogP contribution in [0.1, 0.15) is 51.4 Å². The standard InChI is InChI=1S/C13H23IO2/c14-11-13(7-3-1-4-8-13)16-10-12-6-2-5-9-15-12/h12H,1-11H2. The monoisotopic (exact) mass is 338 g/mol. The molecule has 2 aliphatic rings. The minimum absolute atomic E-state index is 0.180. The average molecular weight is 338 g/mol. The molecule has 16 heavy (non-hydrogen) atoms. The molecule has 0 bridgehead atoms. The van der Waals surface area contributed by atoms with Crippen LogP contribution in [0.4, 0.5) is 0 Å². The predicted molar refractivity (Wildman–Crippen MR) is 74.2 cm³/mol. The molecular formula is C13H23IO2. The lowest BCUT2D eigenvalue weighted by Crippen LogP contribution is -2.40. The molecule has 1 saturated carbocycles. The fourth-order valence-corrected chi connectivity index (χ4v) is 3.70. The van der Waals surface area contributed by atoms with E-state index in [1.165, 1.54) is 51.4 Å². The molecule has 1 heterocycles. The van der Waals surface area contributed by atoms with Crippen molar-refractivity contribution in [3.8, 4) is 0 Å². The van der Waals surface area contributed by atoms with Crippen molar-refractivity contribution >= 4 is 22.6 Å². The third-order valence-electron chi connectivity index (χ3n) is 3.86. The molecule has 94 valence electrons. The average Bonchev–Trinajstić information content (AvgIpc) is 2.39. The number of hydrogen-bond donors (Lipinski definition) is 0. The number of halogens is 1. The summed E-state index contributed by atoms with van der Waals surface area (Å²) in [7, 11) is 0. The maximum atomic E-state index is 6.23. The first-order valence-electron chi connectivity index (χ1n) is 6.66. The van der Waals surface area contributed by atoms with Gasteiger partial charge in [0.15, 0.2) is 0 Å². The van der Waals surface area contributed by atoms with Crippen molar-refractivity contribution in [1.82, 2.24) is 0 Å². The van der Waals surface area contributed by atoms with Crippen molar-refractivity contribution in [3.63, 3.8) is 0 Å². The molecule has 1 aliphatic heterocycles. The zero-order valence-corrected chi connectivity index (χ0v) is 12.2. The number of alkyl halides is 1. The fourth-order valence-electron chi connectivity index (χ4n) is 2.72. The molecule has 1 saturated heterocycles. The molecule has 0 aromatic heterocycles. The van der Waals surface area contributed by atoms with E-state index in [-0.39, 0.29) is 5.60 Å². The molecule has 0 amide bonds. The lowest BCUT2D eigenvalue weighted by atomic mass is 9.86. The van der Waals surface area contributed by atoms with E-state index < -0.39 is 0 Å². The van der Waals surface area contributed by atoms with E-state index in [4.69, 9.17) is 9.47 Å². The molecule has 2 rings (SSSR count). The lowest BCUT2D eigenvalue weighted by molar-refractivity contribution is -0.109. The maximum absolute atomic E-state index is 6.23. The zero-order valence-electron chi connectivity index (χ0n) is 10.0. The van der Waals surface area contributed by atoms with Gasteiger partial charge in [-0.15, -0.1) is 0 Å². The molecular weight excluding hydrogens is 315 g/mol. The summed E-state index contributed by atoms with van der Waals surface area (Å²) in [5.74, 6) is 0. The van der Waals surface area contributed by atoms with Gasteiger partial charge in [0.05, 0.1) is 18.3 Å². The zero-order chi connectivity index (χ0) is 11.3. The van der Waals surface area contributed by atoms with Gasteiger partial charge >= 0.3 is 0 Å². The molecule has 1 unspecified atom stereocenters. The van der Waals surface area contributed by atoms with Crippen LogP contribution in [0, 0.1) is 0 Å². The molecule has 3 heteroatoms. The van der Waals surface area contributed by atoms with E-state index in [9.17, 15) is 0 Å². The van der Waals surface area contributed by atoms with Gasteiger partial charge in [-0.3, -0.25) is 0 Å². The molecule has 0 aromatic rings. The smallest absolute Gasteiger partial charge is 0.0808 e.